The average molecular weight is 185 g/mol. The van der Waals surface area contributed by atoms with Crippen LogP contribution in [0.1, 0.15) is 19.8 Å². The standard InChI is InChI=1S/C9H15NO3/c1-2-8(9(11)12)10-4-7-3-6(10)5-13-7/h6-8H,2-5H2,1H3,(H,11,12)/t6-,7+,8+/m0/s1. The fraction of sp³-hybridized carbons (Fsp3) is 0.889. The molecule has 4 nitrogen and oxygen atoms in total. The molecule has 2 fully saturated rings. The lowest BCUT2D eigenvalue weighted by Crippen LogP contribution is -2.47. The first-order valence-electron chi connectivity index (χ1n) is 4.82. The van der Waals surface area contributed by atoms with E-state index < -0.39 is 5.97 Å². The van der Waals surface area contributed by atoms with Gasteiger partial charge in [0.1, 0.15) is 6.04 Å². The van der Waals surface area contributed by atoms with E-state index in [2.05, 4.69) is 4.90 Å². The van der Waals surface area contributed by atoms with Gasteiger partial charge in [-0.1, -0.05) is 6.92 Å². The molecule has 13 heavy (non-hydrogen) atoms. The van der Waals surface area contributed by atoms with E-state index in [9.17, 15) is 4.79 Å². The Kier molecular flexibility index (Phi) is 2.26. The summed E-state index contributed by atoms with van der Waals surface area (Å²) in [5.41, 5.74) is 0. The molecule has 2 aliphatic heterocycles. The van der Waals surface area contributed by atoms with Gasteiger partial charge in [0.25, 0.3) is 0 Å². The molecule has 0 spiro atoms. The predicted molar refractivity (Wildman–Crippen MR) is 46.6 cm³/mol. The van der Waals surface area contributed by atoms with Gasteiger partial charge < -0.3 is 9.84 Å². The second kappa shape index (κ2) is 3.27. The van der Waals surface area contributed by atoms with Crippen LogP contribution in [0, 0.1) is 0 Å². The first-order valence-corrected chi connectivity index (χ1v) is 4.82. The molecule has 2 heterocycles. The molecule has 3 atom stereocenters. The summed E-state index contributed by atoms with van der Waals surface area (Å²) in [6.07, 6.45) is 1.99. The van der Waals surface area contributed by atoms with Crippen molar-refractivity contribution in [2.75, 3.05) is 13.2 Å². The molecule has 2 rings (SSSR count). The Labute approximate surface area is 77.5 Å². The number of carbonyl (C=O) groups is 1. The maximum atomic E-state index is 10.9. The summed E-state index contributed by atoms with van der Waals surface area (Å²) in [7, 11) is 0. The second-order valence-electron chi connectivity index (χ2n) is 3.80. The Bertz CT molecular complexity index is 219. The van der Waals surface area contributed by atoms with Gasteiger partial charge in [-0.25, -0.2) is 0 Å². The van der Waals surface area contributed by atoms with Crippen molar-refractivity contribution in [3.05, 3.63) is 0 Å². The summed E-state index contributed by atoms with van der Waals surface area (Å²) >= 11 is 0. The maximum Gasteiger partial charge on any atom is 0.320 e. The zero-order valence-electron chi connectivity index (χ0n) is 7.77. The third-order valence-electron chi connectivity index (χ3n) is 3.01. The molecule has 0 aromatic rings. The Morgan fingerprint density at radius 2 is 2.54 bits per heavy atom. The minimum atomic E-state index is -0.699. The minimum Gasteiger partial charge on any atom is -0.480 e. The monoisotopic (exact) mass is 185 g/mol. The van der Waals surface area contributed by atoms with E-state index in [0.717, 1.165) is 13.0 Å². The van der Waals surface area contributed by atoms with E-state index in [0.29, 0.717) is 25.2 Å². The van der Waals surface area contributed by atoms with Crippen molar-refractivity contribution >= 4 is 5.97 Å². The van der Waals surface area contributed by atoms with Crippen molar-refractivity contribution in [2.45, 2.75) is 38.0 Å². The highest BCUT2D eigenvalue weighted by Gasteiger charge is 2.43. The average Bonchev–Trinajstić information content (AvgIpc) is 2.65. The molecule has 2 aliphatic rings. The number of fused-ring (bicyclic) bond motifs is 2. The van der Waals surface area contributed by atoms with Crippen LogP contribution in [-0.2, 0) is 9.53 Å². The zero-order chi connectivity index (χ0) is 9.42. The van der Waals surface area contributed by atoms with E-state index in [-0.39, 0.29) is 6.04 Å². The molecule has 0 aromatic carbocycles. The lowest BCUT2D eigenvalue weighted by atomic mass is 10.1. The topological polar surface area (TPSA) is 49.8 Å². The van der Waals surface area contributed by atoms with Crippen molar-refractivity contribution in [1.82, 2.24) is 4.90 Å². The van der Waals surface area contributed by atoms with Crippen LogP contribution >= 0.6 is 0 Å². The van der Waals surface area contributed by atoms with Crippen LogP contribution in [0.2, 0.25) is 0 Å². The van der Waals surface area contributed by atoms with Crippen LogP contribution in [0.3, 0.4) is 0 Å². The van der Waals surface area contributed by atoms with Crippen LogP contribution < -0.4 is 0 Å². The lowest BCUT2D eigenvalue weighted by Gasteiger charge is -2.31. The molecule has 0 unspecified atom stereocenters. The molecule has 2 bridgehead atoms. The van der Waals surface area contributed by atoms with Crippen molar-refractivity contribution in [1.29, 1.82) is 0 Å². The van der Waals surface area contributed by atoms with Gasteiger partial charge in [-0.15, -0.1) is 0 Å². The van der Waals surface area contributed by atoms with E-state index in [1.165, 1.54) is 0 Å². The summed E-state index contributed by atoms with van der Waals surface area (Å²) in [5.74, 6) is -0.699. The predicted octanol–water partition coefficient (Wildman–Crippen LogP) is 0.323. The quantitative estimate of drug-likeness (QED) is 0.688. The van der Waals surface area contributed by atoms with Crippen LogP contribution in [-0.4, -0.2) is 47.3 Å². The van der Waals surface area contributed by atoms with Crippen molar-refractivity contribution < 1.29 is 14.6 Å². The summed E-state index contributed by atoms with van der Waals surface area (Å²) < 4.78 is 5.42. The van der Waals surface area contributed by atoms with Gasteiger partial charge in [0.15, 0.2) is 0 Å². The zero-order valence-corrected chi connectivity index (χ0v) is 7.77. The van der Waals surface area contributed by atoms with Crippen LogP contribution in [0.4, 0.5) is 0 Å². The number of aliphatic carboxylic acids is 1. The highest BCUT2D eigenvalue weighted by atomic mass is 16.5. The highest BCUT2D eigenvalue weighted by Crippen LogP contribution is 2.30. The molecule has 1 N–H and O–H groups in total. The molecule has 0 aliphatic carbocycles. The lowest BCUT2D eigenvalue weighted by molar-refractivity contribution is -0.145. The minimum absolute atomic E-state index is 0.290. The Morgan fingerprint density at radius 3 is 2.92 bits per heavy atom. The van der Waals surface area contributed by atoms with Gasteiger partial charge in [0.2, 0.25) is 0 Å². The number of likely N-dealkylation sites (tertiary alicyclic amines) is 1. The summed E-state index contributed by atoms with van der Waals surface area (Å²) in [6, 6.07) is 0.0462. The van der Waals surface area contributed by atoms with E-state index in [1.807, 2.05) is 6.92 Å². The maximum absolute atomic E-state index is 10.9. The van der Waals surface area contributed by atoms with Gasteiger partial charge in [0.05, 0.1) is 12.7 Å². The van der Waals surface area contributed by atoms with Crippen LogP contribution in [0.15, 0.2) is 0 Å². The van der Waals surface area contributed by atoms with Crippen molar-refractivity contribution in [3.63, 3.8) is 0 Å². The smallest absolute Gasteiger partial charge is 0.320 e. The number of hydrogen-bond acceptors (Lipinski definition) is 3. The Balaban J connectivity index is 2.04. The Morgan fingerprint density at radius 1 is 1.77 bits per heavy atom. The van der Waals surface area contributed by atoms with E-state index in [4.69, 9.17) is 9.84 Å². The summed E-state index contributed by atoms with van der Waals surface area (Å²) in [6.45, 7) is 3.44. The molecule has 0 saturated carbocycles. The number of carboxylic acids is 1. The number of hydrogen-bond donors (Lipinski definition) is 1. The molecular weight excluding hydrogens is 170 g/mol. The third-order valence-corrected chi connectivity index (χ3v) is 3.01. The third kappa shape index (κ3) is 1.44. The van der Waals surface area contributed by atoms with E-state index >= 15 is 0 Å². The van der Waals surface area contributed by atoms with Gasteiger partial charge in [-0.2, -0.15) is 0 Å². The first kappa shape index (κ1) is 8.97. The first-order chi connectivity index (χ1) is 6.22. The molecule has 0 aromatic heterocycles. The number of nitrogens with zero attached hydrogens (tertiary/aromatic N) is 1. The van der Waals surface area contributed by atoms with Crippen LogP contribution in [0.5, 0.6) is 0 Å². The molecule has 4 heteroatoms. The fourth-order valence-corrected chi connectivity index (χ4v) is 2.36. The number of morpholine rings is 1. The summed E-state index contributed by atoms with van der Waals surface area (Å²) in [4.78, 5) is 13.0. The van der Waals surface area contributed by atoms with Gasteiger partial charge >= 0.3 is 5.97 Å². The Hall–Kier alpha value is -0.610. The van der Waals surface area contributed by atoms with E-state index in [1.54, 1.807) is 0 Å². The number of rotatable bonds is 3. The second-order valence-corrected chi connectivity index (χ2v) is 3.80. The molecule has 74 valence electrons. The molecule has 2 saturated heterocycles. The van der Waals surface area contributed by atoms with Crippen molar-refractivity contribution in [2.24, 2.45) is 0 Å². The molecule has 0 radical (unpaired) electrons. The van der Waals surface area contributed by atoms with Crippen molar-refractivity contribution in [3.8, 4) is 0 Å². The fourth-order valence-electron chi connectivity index (χ4n) is 2.36. The van der Waals surface area contributed by atoms with Gasteiger partial charge in [0, 0.05) is 12.6 Å². The largest absolute Gasteiger partial charge is 0.480 e. The SMILES string of the molecule is CC[C@H](C(=O)O)N1C[C@H]2C[C@H]1CO2. The normalized spacial score (nSPS) is 35.2. The number of carboxylic acid groups (broad SMARTS) is 1. The van der Waals surface area contributed by atoms with Gasteiger partial charge in [-0.05, 0) is 12.8 Å². The summed E-state index contributed by atoms with van der Waals surface area (Å²) in [5, 5.41) is 8.98. The number of ether oxygens (including phenoxy) is 1. The van der Waals surface area contributed by atoms with Gasteiger partial charge in [-0.3, -0.25) is 9.69 Å². The highest BCUT2D eigenvalue weighted by molar-refractivity contribution is 5.73. The van der Waals surface area contributed by atoms with Crippen LogP contribution in [0.25, 0.3) is 0 Å². The molecule has 0 amide bonds. The molecular formula is C9H15NO3.